The highest BCUT2D eigenvalue weighted by Crippen LogP contribution is 2.17. The van der Waals surface area contributed by atoms with Crippen LogP contribution in [0.4, 0.5) is 5.69 Å². The first-order valence-electron chi connectivity index (χ1n) is 6.06. The summed E-state index contributed by atoms with van der Waals surface area (Å²) in [4.78, 5) is 11.9. The SMILES string of the molecule is CC(C)CC(N)C(=O)Nc1ccc2[nH]ncc2c1. The molecular weight excluding hydrogens is 228 g/mol. The molecule has 4 N–H and O–H groups in total. The monoisotopic (exact) mass is 246 g/mol. The Morgan fingerprint density at radius 3 is 3.00 bits per heavy atom. The van der Waals surface area contributed by atoms with Crippen LogP contribution in [0.15, 0.2) is 24.4 Å². The van der Waals surface area contributed by atoms with Crippen LogP contribution in [0, 0.1) is 5.92 Å². The quantitative estimate of drug-likeness (QED) is 0.770. The number of nitrogens with zero attached hydrogens (tertiary/aromatic N) is 1. The van der Waals surface area contributed by atoms with Gasteiger partial charge in [-0.15, -0.1) is 0 Å². The number of carbonyl (C=O) groups is 1. The lowest BCUT2D eigenvalue weighted by Crippen LogP contribution is -2.36. The summed E-state index contributed by atoms with van der Waals surface area (Å²) in [6.07, 6.45) is 2.40. The molecule has 1 aromatic carbocycles. The predicted octanol–water partition coefficient (Wildman–Crippen LogP) is 1.87. The maximum absolute atomic E-state index is 11.9. The molecule has 1 atom stereocenters. The van der Waals surface area contributed by atoms with Crippen molar-refractivity contribution in [3.8, 4) is 0 Å². The Kier molecular flexibility index (Phi) is 3.62. The van der Waals surface area contributed by atoms with Gasteiger partial charge < -0.3 is 11.1 Å². The maximum atomic E-state index is 11.9. The van der Waals surface area contributed by atoms with E-state index in [0.29, 0.717) is 12.3 Å². The number of hydrogen-bond acceptors (Lipinski definition) is 3. The molecule has 0 aliphatic carbocycles. The lowest BCUT2D eigenvalue weighted by Gasteiger charge is -2.14. The van der Waals surface area contributed by atoms with E-state index < -0.39 is 6.04 Å². The number of fused-ring (bicyclic) bond motifs is 1. The van der Waals surface area contributed by atoms with Gasteiger partial charge in [0, 0.05) is 11.1 Å². The van der Waals surface area contributed by atoms with E-state index in [-0.39, 0.29) is 5.91 Å². The van der Waals surface area contributed by atoms with Crippen LogP contribution in [-0.2, 0) is 4.79 Å². The van der Waals surface area contributed by atoms with E-state index in [2.05, 4.69) is 15.5 Å². The summed E-state index contributed by atoms with van der Waals surface area (Å²) < 4.78 is 0. The van der Waals surface area contributed by atoms with Gasteiger partial charge in [-0.2, -0.15) is 5.10 Å². The van der Waals surface area contributed by atoms with Crippen molar-refractivity contribution in [1.82, 2.24) is 10.2 Å². The second-order valence-electron chi connectivity index (χ2n) is 4.90. The van der Waals surface area contributed by atoms with Crippen molar-refractivity contribution in [2.75, 3.05) is 5.32 Å². The van der Waals surface area contributed by atoms with Crippen molar-refractivity contribution in [1.29, 1.82) is 0 Å². The number of carbonyl (C=O) groups excluding carboxylic acids is 1. The molecule has 0 saturated carbocycles. The molecule has 0 aliphatic heterocycles. The average molecular weight is 246 g/mol. The number of amides is 1. The van der Waals surface area contributed by atoms with Crippen molar-refractivity contribution in [3.63, 3.8) is 0 Å². The standard InChI is InChI=1S/C13H18N4O/c1-8(2)5-11(14)13(18)16-10-3-4-12-9(6-10)7-15-17-12/h3-4,6-8,11H,5,14H2,1-2H3,(H,15,17)(H,16,18). The van der Waals surface area contributed by atoms with Crippen molar-refractivity contribution in [3.05, 3.63) is 24.4 Å². The molecule has 1 unspecified atom stereocenters. The number of rotatable bonds is 4. The van der Waals surface area contributed by atoms with Gasteiger partial charge in [-0.3, -0.25) is 9.89 Å². The van der Waals surface area contributed by atoms with Crippen molar-refractivity contribution in [2.45, 2.75) is 26.3 Å². The number of nitrogens with one attached hydrogen (secondary N) is 2. The zero-order valence-corrected chi connectivity index (χ0v) is 10.6. The van der Waals surface area contributed by atoms with Crippen LogP contribution in [0.1, 0.15) is 20.3 Å². The maximum Gasteiger partial charge on any atom is 0.241 e. The van der Waals surface area contributed by atoms with E-state index in [1.165, 1.54) is 0 Å². The molecule has 18 heavy (non-hydrogen) atoms. The van der Waals surface area contributed by atoms with Crippen LogP contribution >= 0.6 is 0 Å². The molecule has 1 aromatic heterocycles. The Morgan fingerprint density at radius 1 is 1.50 bits per heavy atom. The van der Waals surface area contributed by atoms with E-state index in [9.17, 15) is 4.79 Å². The lowest BCUT2D eigenvalue weighted by molar-refractivity contribution is -0.117. The smallest absolute Gasteiger partial charge is 0.241 e. The summed E-state index contributed by atoms with van der Waals surface area (Å²) >= 11 is 0. The first kappa shape index (κ1) is 12.6. The highest BCUT2D eigenvalue weighted by molar-refractivity contribution is 5.96. The van der Waals surface area contributed by atoms with E-state index in [0.717, 1.165) is 16.6 Å². The Labute approximate surface area is 106 Å². The molecular formula is C13H18N4O. The van der Waals surface area contributed by atoms with E-state index >= 15 is 0 Å². The number of benzene rings is 1. The number of nitrogens with two attached hydrogens (primary N) is 1. The van der Waals surface area contributed by atoms with Crippen LogP contribution in [-0.4, -0.2) is 22.1 Å². The summed E-state index contributed by atoms with van der Waals surface area (Å²) in [6, 6.07) is 5.12. The fourth-order valence-corrected chi connectivity index (χ4v) is 1.87. The molecule has 2 rings (SSSR count). The van der Waals surface area contributed by atoms with Crippen LogP contribution in [0.25, 0.3) is 10.9 Å². The summed E-state index contributed by atoms with van der Waals surface area (Å²) in [6.45, 7) is 4.09. The number of hydrogen-bond donors (Lipinski definition) is 3. The fourth-order valence-electron chi connectivity index (χ4n) is 1.87. The van der Waals surface area contributed by atoms with Gasteiger partial charge in [-0.1, -0.05) is 13.8 Å². The minimum Gasteiger partial charge on any atom is -0.325 e. The molecule has 96 valence electrons. The molecule has 0 bridgehead atoms. The number of aromatic amines is 1. The first-order valence-corrected chi connectivity index (χ1v) is 6.06. The van der Waals surface area contributed by atoms with E-state index in [1.807, 2.05) is 32.0 Å². The van der Waals surface area contributed by atoms with Gasteiger partial charge in [0.25, 0.3) is 0 Å². The van der Waals surface area contributed by atoms with Crippen LogP contribution in [0.2, 0.25) is 0 Å². The first-order chi connectivity index (χ1) is 8.56. The molecule has 5 heteroatoms. The number of aromatic nitrogens is 2. The zero-order valence-electron chi connectivity index (χ0n) is 10.6. The average Bonchev–Trinajstić information content (AvgIpc) is 2.75. The highest BCUT2D eigenvalue weighted by atomic mass is 16.2. The fraction of sp³-hybridized carbons (Fsp3) is 0.385. The molecule has 5 nitrogen and oxygen atoms in total. The summed E-state index contributed by atoms with van der Waals surface area (Å²) in [5, 5.41) is 10.6. The predicted molar refractivity (Wildman–Crippen MR) is 72.2 cm³/mol. The highest BCUT2D eigenvalue weighted by Gasteiger charge is 2.15. The normalized spacial score (nSPS) is 12.9. The molecule has 2 aromatic rings. The third-order valence-electron chi connectivity index (χ3n) is 2.77. The van der Waals surface area contributed by atoms with Gasteiger partial charge in [0.15, 0.2) is 0 Å². The third kappa shape index (κ3) is 2.87. The minimum atomic E-state index is -0.468. The topological polar surface area (TPSA) is 83.8 Å². The molecule has 0 fully saturated rings. The van der Waals surface area contributed by atoms with Gasteiger partial charge in [0.2, 0.25) is 5.91 Å². The Balaban J connectivity index is 2.06. The van der Waals surface area contributed by atoms with Crippen molar-refractivity contribution in [2.24, 2.45) is 11.7 Å². The summed E-state index contributed by atoms with van der Waals surface area (Å²) in [5.41, 5.74) is 7.52. The second kappa shape index (κ2) is 5.18. The van der Waals surface area contributed by atoms with Gasteiger partial charge >= 0.3 is 0 Å². The van der Waals surface area contributed by atoms with Gasteiger partial charge in [-0.25, -0.2) is 0 Å². The van der Waals surface area contributed by atoms with Crippen LogP contribution in [0.5, 0.6) is 0 Å². The van der Waals surface area contributed by atoms with Crippen molar-refractivity contribution >= 4 is 22.5 Å². The second-order valence-corrected chi connectivity index (χ2v) is 4.90. The van der Waals surface area contributed by atoms with Crippen LogP contribution < -0.4 is 11.1 Å². The molecule has 0 aliphatic rings. The number of H-pyrrole nitrogens is 1. The van der Waals surface area contributed by atoms with E-state index in [1.54, 1.807) is 6.20 Å². The summed E-state index contributed by atoms with van der Waals surface area (Å²) in [7, 11) is 0. The van der Waals surface area contributed by atoms with Crippen molar-refractivity contribution < 1.29 is 4.79 Å². The zero-order chi connectivity index (χ0) is 13.1. The molecule has 0 saturated heterocycles. The van der Waals surface area contributed by atoms with Crippen LogP contribution in [0.3, 0.4) is 0 Å². The largest absolute Gasteiger partial charge is 0.325 e. The Bertz CT molecular complexity index is 547. The number of anilines is 1. The van der Waals surface area contributed by atoms with Gasteiger partial charge in [0.1, 0.15) is 0 Å². The molecule has 0 radical (unpaired) electrons. The minimum absolute atomic E-state index is 0.147. The molecule has 1 amide bonds. The Hall–Kier alpha value is -1.88. The third-order valence-corrected chi connectivity index (χ3v) is 2.77. The van der Waals surface area contributed by atoms with Gasteiger partial charge in [0.05, 0.1) is 17.8 Å². The van der Waals surface area contributed by atoms with E-state index in [4.69, 9.17) is 5.73 Å². The lowest BCUT2D eigenvalue weighted by atomic mass is 10.0. The summed E-state index contributed by atoms with van der Waals surface area (Å²) in [5.74, 6) is 0.258. The molecule has 1 heterocycles. The molecule has 0 spiro atoms. The Morgan fingerprint density at radius 2 is 2.28 bits per heavy atom. The van der Waals surface area contributed by atoms with Gasteiger partial charge in [-0.05, 0) is 30.5 Å².